The highest BCUT2D eigenvalue weighted by molar-refractivity contribution is 6.00. The number of amides is 2. The fourth-order valence-corrected chi connectivity index (χ4v) is 3.61. The summed E-state index contributed by atoms with van der Waals surface area (Å²) >= 11 is 0. The van der Waals surface area contributed by atoms with E-state index in [-0.39, 0.29) is 37.0 Å². The number of carbonyl (C=O) groups is 2. The Morgan fingerprint density at radius 3 is 2.80 bits per heavy atom. The van der Waals surface area contributed by atoms with E-state index in [9.17, 15) is 9.59 Å². The van der Waals surface area contributed by atoms with Gasteiger partial charge in [0.1, 0.15) is 0 Å². The molecule has 1 unspecified atom stereocenters. The second-order valence-electron chi connectivity index (χ2n) is 7.84. The number of ether oxygens (including phenoxy) is 3. The average molecular weight is 410 g/mol. The van der Waals surface area contributed by atoms with Gasteiger partial charge in [0, 0.05) is 31.3 Å². The van der Waals surface area contributed by atoms with E-state index in [2.05, 4.69) is 5.32 Å². The van der Waals surface area contributed by atoms with Crippen LogP contribution in [0.15, 0.2) is 42.5 Å². The molecule has 0 aromatic heterocycles. The fourth-order valence-electron chi connectivity index (χ4n) is 3.61. The Bertz CT molecular complexity index is 943. The summed E-state index contributed by atoms with van der Waals surface area (Å²) in [6, 6.07) is 13.4. The van der Waals surface area contributed by atoms with E-state index in [1.807, 2.05) is 44.2 Å². The zero-order valence-electron chi connectivity index (χ0n) is 17.2. The monoisotopic (exact) mass is 410 g/mol. The number of hydrogen-bond acceptors (Lipinski definition) is 5. The summed E-state index contributed by atoms with van der Waals surface area (Å²) in [6.45, 7) is 5.50. The minimum atomic E-state index is -0.379. The van der Waals surface area contributed by atoms with Crippen LogP contribution in [0.3, 0.4) is 0 Å². The number of rotatable bonds is 7. The highest BCUT2D eigenvalue weighted by Crippen LogP contribution is 2.37. The molecule has 4 rings (SSSR count). The van der Waals surface area contributed by atoms with Gasteiger partial charge in [-0.05, 0) is 37.1 Å². The van der Waals surface area contributed by atoms with Gasteiger partial charge in [0.15, 0.2) is 11.5 Å². The predicted molar refractivity (Wildman–Crippen MR) is 111 cm³/mol. The number of nitrogens with zero attached hydrogens (tertiary/aromatic N) is 1. The molecule has 7 nitrogen and oxygen atoms in total. The maximum absolute atomic E-state index is 12.7. The maximum Gasteiger partial charge on any atom is 0.231 e. The van der Waals surface area contributed by atoms with Gasteiger partial charge >= 0.3 is 0 Å². The SMILES string of the molecule is CC(C)OCc1cccc(CNC(=O)C2CC(=O)N(c3ccc4c(c3)OCO4)C2)c1. The van der Waals surface area contributed by atoms with E-state index < -0.39 is 0 Å². The quantitative estimate of drug-likeness (QED) is 0.759. The largest absolute Gasteiger partial charge is 0.454 e. The highest BCUT2D eigenvalue weighted by atomic mass is 16.7. The van der Waals surface area contributed by atoms with Gasteiger partial charge in [-0.1, -0.05) is 24.3 Å². The summed E-state index contributed by atoms with van der Waals surface area (Å²) in [5.41, 5.74) is 2.79. The van der Waals surface area contributed by atoms with Crippen molar-refractivity contribution in [1.82, 2.24) is 5.32 Å². The molecular formula is C23H26N2O5. The van der Waals surface area contributed by atoms with Crippen LogP contribution in [0.25, 0.3) is 0 Å². The Hall–Kier alpha value is -3.06. The summed E-state index contributed by atoms with van der Waals surface area (Å²) in [5, 5.41) is 2.96. The van der Waals surface area contributed by atoms with E-state index in [0.29, 0.717) is 31.2 Å². The van der Waals surface area contributed by atoms with E-state index in [0.717, 1.165) is 16.8 Å². The van der Waals surface area contributed by atoms with Crippen LogP contribution in [0.1, 0.15) is 31.4 Å². The Kier molecular flexibility index (Phi) is 5.90. The number of nitrogens with one attached hydrogen (secondary N) is 1. The molecule has 158 valence electrons. The Morgan fingerprint density at radius 2 is 1.97 bits per heavy atom. The van der Waals surface area contributed by atoms with Crippen LogP contribution in [-0.2, 0) is 27.5 Å². The summed E-state index contributed by atoms with van der Waals surface area (Å²) in [6.07, 6.45) is 0.365. The smallest absolute Gasteiger partial charge is 0.231 e. The van der Waals surface area contributed by atoms with E-state index >= 15 is 0 Å². The Morgan fingerprint density at radius 1 is 1.17 bits per heavy atom. The first-order chi connectivity index (χ1) is 14.5. The third-order valence-electron chi connectivity index (χ3n) is 5.21. The van der Waals surface area contributed by atoms with Crippen LogP contribution in [0, 0.1) is 5.92 Å². The summed E-state index contributed by atoms with van der Waals surface area (Å²) in [7, 11) is 0. The van der Waals surface area contributed by atoms with Gasteiger partial charge in [0.2, 0.25) is 18.6 Å². The third-order valence-corrected chi connectivity index (χ3v) is 5.21. The molecule has 30 heavy (non-hydrogen) atoms. The van der Waals surface area contributed by atoms with Crippen molar-refractivity contribution < 1.29 is 23.8 Å². The molecular weight excluding hydrogens is 384 g/mol. The molecule has 7 heteroatoms. The normalized spacial score (nSPS) is 17.6. The standard InChI is InChI=1S/C23H26N2O5/c1-15(2)28-13-17-5-3-4-16(8-17)11-24-23(27)18-9-22(26)25(12-18)19-6-7-20-21(10-19)30-14-29-20/h3-8,10,15,18H,9,11-14H2,1-2H3,(H,24,27). The lowest BCUT2D eigenvalue weighted by Gasteiger charge is -2.17. The topological polar surface area (TPSA) is 77.1 Å². The first-order valence-corrected chi connectivity index (χ1v) is 10.2. The van der Waals surface area contributed by atoms with Crippen LogP contribution in [0.5, 0.6) is 11.5 Å². The molecule has 2 aromatic carbocycles. The summed E-state index contributed by atoms with van der Waals surface area (Å²) < 4.78 is 16.3. The summed E-state index contributed by atoms with van der Waals surface area (Å²) in [4.78, 5) is 26.8. The zero-order valence-corrected chi connectivity index (χ0v) is 17.2. The van der Waals surface area contributed by atoms with Crippen molar-refractivity contribution in [2.24, 2.45) is 5.92 Å². The van der Waals surface area contributed by atoms with Crippen molar-refractivity contribution in [2.45, 2.75) is 39.5 Å². The number of anilines is 1. The molecule has 0 spiro atoms. The van der Waals surface area contributed by atoms with Crippen LogP contribution in [0.2, 0.25) is 0 Å². The molecule has 0 radical (unpaired) electrons. The lowest BCUT2D eigenvalue weighted by molar-refractivity contribution is -0.126. The molecule has 2 aliphatic rings. The van der Waals surface area contributed by atoms with Gasteiger partial charge in [-0.2, -0.15) is 0 Å². The number of fused-ring (bicyclic) bond motifs is 1. The minimum absolute atomic E-state index is 0.0677. The van der Waals surface area contributed by atoms with Gasteiger partial charge in [-0.3, -0.25) is 9.59 Å². The lowest BCUT2D eigenvalue weighted by atomic mass is 10.1. The second kappa shape index (κ2) is 8.75. The molecule has 0 aliphatic carbocycles. The molecule has 2 aliphatic heterocycles. The first-order valence-electron chi connectivity index (χ1n) is 10.2. The maximum atomic E-state index is 12.7. The molecule has 1 fully saturated rings. The molecule has 1 saturated heterocycles. The van der Waals surface area contributed by atoms with E-state index in [1.54, 1.807) is 17.0 Å². The van der Waals surface area contributed by atoms with Crippen molar-refractivity contribution in [2.75, 3.05) is 18.2 Å². The van der Waals surface area contributed by atoms with Crippen molar-refractivity contribution in [1.29, 1.82) is 0 Å². The fraction of sp³-hybridized carbons (Fsp3) is 0.391. The predicted octanol–water partition coefficient (Wildman–Crippen LogP) is 3.01. The number of benzene rings is 2. The number of carbonyl (C=O) groups excluding carboxylic acids is 2. The first kappa shape index (κ1) is 20.2. The molecule has 1 atom stereocenters. The van der Waals surface area contributed by atoms with Gasteiger partial charge in [-0.25, -0.2) is 0 Å². The van der Waals surface area contributed by atoms with Crippen LogP contribution in [0.4, 0.5) is 5.69 Å². The molecule has 0 bridgehead atoms. The minimum Gasteiger partial charge on any atom is -0.454 e. The number of hydrogen-bond donors (Lipinski definition) is 1. The van der Waals surface area contributed by atoms with Crippen molar-refractivity contribution in [3.63, 3.8) is 0 Å². The molecule has 2 aromatic rings. The van der Waals surface area contributed by atoms with Crippen molar-refractivity contribution in [3.8, 4) is 11.5 Å². The molecule has 2 amide bonds. The second-order valence-corrected chi connectivity index (χ2v) is 7.84. The van der Waals surface area contributed by atoms with Crippen molar-refractivity contribution >= 4 is 17.5 Å². The van der Waals surface area contributed by atoms with Gasteiger partial charge in [0.05, 0.1) is 18.6 Å². The van der Waals surface area contributed by atoms with Gasteiger partial charge in [0.25, 0.3) is 0 Å². The van der Waals surface area contributed by atoms with Gasteiger partial charge in [-0.15, -0.1) is 0 Å². The zero-order chi connectivity index (χ0) is 21.1. The van der Waals surface area contributed by atoms with Crippen LogP contribution < -0.4 is 19.7 Å². The average Bonchev–Trinajstić information content (AvgIpc) is 3.36. The molecule has 2 heterocycles. The highest BCUT2D eigenvalue weighted by Gasteiger charge is 2.35. The Labute approximate surface area is 175 Å². The Balaban J connectivity index is 1.33. The molecule has 0 saturated carbocycles. The molecule has 1 N–H and O–H groups in total. The van der Waals surface area contributed by atoms with Crippen LogP contribution in [-0.4, -0.2) is 31.3 Å². The van der Waals surface area contributed by atoms with E-state index in [1.165, 1.54) is 0 Å². The third kappa shape index (κ3) is 4.57. The summed E-state index contributed by atoms with van der Waals surface area (Å²) in [5.74, 6) is 0.725. The lowest BCUT2D eigenvalue weighted by Crippen LogP contribution is -2.32. The van der Waals surface area contributed by atoms with Crippen molar-refractivity contribution in [3.05, 3.63) is 53.6 Å². The van der Waals surface area contributed by atoms with Gasteiger partial charge < -0.3 is 24.4 Å². The van der Waals surface area contributed by atoms with Crippen LogP contribution >= 0.6 is 0 Å². The van der Waals surface area contributed by atoms with E-state index in [4.69, 9.17) is 14.2 Å².